The zero-order valence-electron chi connectivity index (χ0n) is 18.5. The van der Waals surface area contributed by atoms with E-state index in [1.807, 2.05) is 6.92 Å². The Morgan fingerprint density at radius 3 is 1.03 bits per heavy atom. The first-order valence-corrected chi connectivity index (χ1v) is 10.3. The topological polar surface area (TPSA) is 83.1 Å². The van der Waals surface area contributed by atoms with Crippen LogP contribution in [0.1, 0.15) is 6.92 Å². The van der Waals surface area contributed by atoms with E-state index < -0.39 is 0 Å². The highest BCUT2D eigenvalue weighted by atomic mass is 16.6. The molecule has 0 aliphatic heterocycles. The Morgan fingerprint density at radius 2 is 0.767 bits per heavy atom. The maximum absolute atomic E-state index is 5.42. The van der Waals surface area contributed by atoms with Crippen LogP contribution in [0.25, 0.3) is 0 Å². The van der Waals surface area contributed by atoms with Gasteiger partial charge < -0.3 is 42.6 Å². The smallest absolute Gasteiger partial charge is 0.111 e. The molecule has 9 heteroatoms. The molecule has 0 N–H and O–H groups in total. The highest BCUT2D eigenvalue weighted by molar-refractivity contribution is 4.72. The minimum absolute atomic E-state index is 0.508. The molecule has 0 unspecified atom stereocenters. The van der Waals surface area contributed by atoms with Crippen molar-refractivity contribution in [2.75, 3.05) is 106 Å². The number of hydrogen-bond donors (Lipinski definition) is 0. The molecule has 0 heterocycles. The highest BCUT2D eigenvalue weighted by Gasteiger charge is 1.95. The van der Waals surface area contributed by atoms with Crippen molar-refractivity contribution in [1.82, 2.24) is 0 Å². The zero-order chi connectivity index (χ0) is 22.0. The normalized spacial score (nSPS) is 10.8. The van der Waals surface area contributed by atoms with Crippen molar-refractivity contribution in [3.05, 3.63) is 25.2 Å². The summed E-state index contributed by atoms with van der Waals surface area (Å²) in [6, 6.07) is 0. The predicted octanol–water partition coefficient (Wildman–Crippen LogP) is 1.81. The Hall–Kier alpha value is -1.20. The van der Waals surface area contributed by atoms with Gasteiger partial charge in [0.1, 0.15) is 13.2 Å². The van der Waals surface area contributed by atoms with E-state index in [9.17, 15) is 0 Å². The molecule has 0 aromatic rings. The molecular weight excluding hydrogens is 396 g/mol. The molecule has 9 nitrogen and oxygen atoms in total. The summed E-state index contributed by atoms with van der Waals surface area (Å²) in [4.78, 5) is 0. The van der Waals surface area contributed by atoms with Crippen LogP contribution in [0.3, 0.4) is 0 Å². The number of allylic oxidation sites excluding steroid dienone is 1. The Balaban J connectivity index is 3.00. The van der Waals surface area contributed by atoms with E-state index in [1.165, 1.54) is 6.26 Å². The lowest BCUT2D eigenvalue weighted by atomic mass is 10.6. The number of hydrogen-bond acceptors (Lipinski definition) is 9. The van der Waals surface area contributed by atoms with Crippen LogP contribution >= 0.6 is 0 Å². The van der Waals surface area contributed by atoms with E-state index in [0.29, 0.717) is 111 Å². The Bertz CT molecular complexity index is 366. The van der Waals surface area contributed by atoms with Gasteiger partial charge in [0.25, 0.3) is 0 Å². The largest absolute Gasteiger partial charge is 0.499 e. The molecule has 0 saturated carbocycles. The number of rotatable bonds is 26. The van der Waals surface area contributed by atoms with E-state index in [0.717, 1.165) is 0 Å². The molecule has 0 aromatic heterocycles. The molecule has 0 aromatic carbocycles. The fourth-order valence-corrected chi connectivity index (χ4v) is 1.89. The lowest BCUT2D eigenvalue weighted by Gasteiger charge is -2.09. The van der Waals surface area contributed by atoms with Crippen molar-refractivity contribution >= 4 is 0 Å². The highest BCUT2D eigenvalue weighted by Crippen LogP contribution is 1.89. The first-order chi connectivity index (χ1) is 14.8. The van der Waals surface area contributed by atoms with Crippen molar-refractivity contribution in [2.24, 2.45) is 0 Å². The minimum Gasteiger partial charge on any atom is -0.499 e. The first kappa shape index (κ1) is 28.8. The van der Waals surface area contributed by atoms with Gasteiger partial charge in [-0.2, -0.15) is 0 Å². The molecule has 0 saturated heterocycles. The average Bonchev–Trinajstić information content (AvgIpc) is 2.73. The molecule has 178 valence electrons. The van der Waals surface area contributed by atoms with Crippen LogP contribution < -0.4 is 0 Å². The zero-order valence-corrected chi connectivity index (χ0v) is 18.5. The number of ether oxygens (including phenoxy) is 9. The quantitative estimate of drug-likeness (QED) is 0.149. The van der Waals surface area contributed by atoms with Gasteiger partial charge in [0.2, 0.25) is 0 Å². The fourth-order valence-electron chi connectivity index (χ4n) is 1.89. The van der Waals surface area contributed by atoms with Crippen molar-refractivity contribution in [1.29, 1.82) is 0 Å². The third-order valence-electron chi connectivity index (χ3n) is 3.27. The second-order valence-electron chi connectivity index (χ2n) is 5.87. The summed E-state index contributed by atoms with van der Waals surface area (Å²) in [5.41, 5.74) is 0. The molecule has 0 bridgehead atoms. The van der Waals surface area contributed by atoms with Crippen LogP contribution in [0, 0.1) is 0 Å². The van der Waals surface area contributed by atoms with Crippen LogP contribution in [0.5, 0.6) is 0 Å². The molecule has 30 heavy (non-hydrogen) atoms. The van der Waals surface area contributed by atoms with Crippen LogP contribution in [0.2, 0.25) is 0 Å². The molecular formula is C21H40O9. The summed E-state index contributed by atoms with van der Waals surface area (Å²) in [5, 5.41) is 0. The van der Waals surface area contributed by atoms with Crippen molar-refractivity contribution < 1.29 is 42.6 Å². The third-order valence-corrected chi connectivity index (χ3v) is 3.27. The molecule has 0 fully saturated rings. The van der Waals surface area contributed by atoms with E-state index in [-0.39, 0.29) is 0 Å². The third kappa shape index (κ3) is 26.8. The summed E-state index contributed by atoms with van der Waals surface area (Å²) in [6.45, 7) is 17.3. The minimum atomic E-state index is 0.508. The lowest BCUT2D eigenvalue weighted by molar-refractivity contribution is -0.0228. The van der Waals surface area contributed by atoms with Crippen LogP contribution in [-0.2, 0) is 42.6 Å². The SMILES string of the molecule is C=COCCOCCOCCOCCOCCOCCOCCOCCOC(=C)C. The molecule has 0 radical (unpaired) electrons. The van der Waals surface area contributed by atoms with Gasteiger partial charge >= 0.3 is 0 Å². The summed E-state index contributed by atoms with van der Waals surface area (Å²) in [7, 11) is 0. The average molecular weight is 437 g/mol. The molecule has 0 rings (SSSR count). The molecule has 0 spiro atoms. The second-order valence-corrected chi connectivity index (χ2v) is 5.87. The Kier molecular flexibility index (Phi) is 24.8. The summed E-state index contributed by atoms with van der Waals surface area (Å²) in [5.74, 6) is 0.692. The van der Waals surface area contributed by atoms with Crippen molar-refractivity contribution in [3.63, 3.8) is 0 Å². The van der Waals surface area contributed by atoms with Gasteiger partial charge in [-0.25, -0.2) is 0 Å². The van der Waals surface area contributed by atoms with Gasteiger partial charge in [0.05, 0.1) is 105 Å². The summed E-state index contributed by atoms with van der Waals surface area (Å²) >= 11 is 0. The van der Waals surface area contributed by atoms with E-state index >= 15 is 0 Å². The van der Waals surface area contributed by atoms with Gasteiger partial charge in [0.15, 0.2) is 0 Å². The maximum atomic E-state index is 5.42. The Labute approximate surface area is 181 Å². The standard InChI is InChI=1S/C21H40O9/c1-4-22-5-6-23-7-8-24-9-10-25-11-12-26-13-14-27-15-16-28-17-18-29-19-20-30-21(2)3/h4H,1-2,5-20H2,3H3. The van der Waals surface area contributed by atoms with E-state index in [1.54, 1.807) is 0 Å². The van der Waals surface area contributed by atoms with Gasteiger partial charge in [-0.05, 0) is 6.92 Å². The maximum Gasteiger partial charge on any atom is 0.111 e. The Morgan fingerprint density at radius 1 is 0.500 bits per heavy atom. The molecule has 0 amide bonds. The van der Waals surface area contributed by atoms with Crippen LogP contribution in [0.15, 0.2) is 25.2 Å². The van der Waals surface area contributed by atoms with Gasteiger partial charge in [-0.1, -0.05) is 13.2 Å². The van der Waals surface area contributed by atoms with Gasteiger partial charge in [-0.3, -0.25) is 0 Å². The van der Waals surface area contributed by atoms with Gasteiger partial charge in [0, 0.05) is 0 Å². The van der Waals surface area contributed by atoms with Crippen molar-refractivity contribution in [2.45, 2.75) is 6.92 Å². The summed E-state index contributed by atoms with van der Waals surface area (Å²) < 4.78 is 47.7. The summed E-state index contributed by atoms with van der Waals surface area (Å²) in [6.07, 6.45) is 1.40. The van der Waals surface area contributed by atoms with Crippen LogP contribution in [0.4, 0.5) is 0 Å². The van der Waals surface area contributed by atoms with E-state index in [4.69, 9.17) is 42.6 Å². The van der Waals surface area contributed by atoms with Gasteiger partial charge in [-0.15, -0.1) is 0 Å². The predicted molar refractivity (Wildman–Crippen MR) is 113 cm³/mol. The monoisotopic (exact) mass is 436 g/mol. The molecule has 0 aliphatic carbocycles. The van der Waals surface area contributed by atoms with Crippen molar-refractivity contribution in [3.8, 4) is 0 Å². The van der Waals surface area contributed by atoms with Crippen LogP contribution in [-0.4, -0.2) is 106 Å². The fraction of sp³-hybridized carbons (Fsp3) is 0.810. The van der Waals surface area contributed by atoms with E-state index in [2.05, 4.69) is 13.2 Å². The molecule has 0 atom stereocenters. The first-order valence-electron chi connectivity index (χ1n) is 10.3. The molecule has 0 aliphatic rings. The second kappa shape index (κ2) is 25.8. The lowest BCUT2D eigenvalue weighted by Crippen LogP contribution is -2.15.